The zero-order chi connectivity index (χ0) is 23.0. The molecule has 0 spiro atoms. The molecule has 0 atom stereocenters. The average Bonchev–Trinajstić information content (AvgIpc) is 3.48. The first-order valence-electron chi connectivity index (χ1n) is 11.9. The minimum atomic E-state index is 0.0122. The van der Waals surface area contributed by atoms with Crippen LogP contribution in [0.1, 0.15) is 44.7 Å². The maximum absolute atomic E-state index is 10.5. The molecule has 7 heteroatoms. The van der Waals surface area contributed by atoms with E-state index in [9.17, 15) is 5.11 Å². The Kier molecular flexibility index (Phi) is 5.83. The lowest BCUT2D eigenvalue weighted by Crippen LogP contribution is -2.50. The van der Waals surface area contributed by atoms with Gasteiger partial charge in [-0.3, -0.25) is 4.90 Å². The molecule has 0 bridgehead atoms. The minimum absolute atomic E-state index is 0.0122. The van der Waals surface area contributed by atoms with E-state index >= 15 is 0 Å². The van der Waals surface area contributed by atoms with Gasteiger partial charge in [0.2, 0.25) is 6.79 Å². The van der Waals surface area contributed by atoms with Gasteiger partial charge in [-0.1, -0.05) is 32.9 Å². The summed E-state index contributed by atoms with van der Waals surface area (Å²) in [6.07, 6.45) is 2.28. The van der Waals surface area contributed by atoms with Crippen molar-refractivity contribution < 1.29 is 14.6 Å². The van der Waals surface area contributed by atoms with Crippen molar-refractivity contribution in [1.29, 1.82) is 0 Å². The number of piperazine rings is 1. The van der Waals surface area contributed by atoms with Gasteiger partial charge in [0.1, 0.15) is 5.75 Å². The number of benzene rings is 2. The number of hydrogen-bond donors (Lipinski definition) is 2. The molecule has 2 aliphatic heterocycles. The van der Waals surface area contributed by atoms with Gasteiger partial charge in [0, 0.05) is 32.7 Å². The lowest BCUT2D eigenvalue weighted by molar-refractivity contribution is 0.172. The Labute approximate surface area is 196 Å². The predicted molar refractivity (Wildman–Crippen MR) is 130 cm³/mol. The Bertz CT molecular complexity index is 1030. The Morgan fingerprint density at radius 3 is 2.52 bits per heavy atom. The summed E-state index contributed by atoms with van der Waals surface area (Å²) in [5.74, 6) is 2.80. The number of anilines is 1. The Balaban J connectivity index is 1.25. The summed E-state index contributed by atoms with van der Waals surface area (Å²) in [7, 11) is 0. The van der Waals surface area contributed by atoms with Gasteiger partial charge in [0.05, 0.1) is 11.7 Å². The number of aromatic hydroxyl groups is 1. The highest BCUT2D eigenvalue weighted by atomic mass is 16.7. The summed E-state index contributed by atoms with van der Waals surface area (Å²) in [6, 6.07) is 12.4. The van der Waals surface area contributed by atoms with E-state index in [1.54, 1.807) is 6.07 Å². The van der Waals surface area contributed by atoms with Crippen LogP contribution < -0.4 is 14.8 Å². The summed E-state index contributed by atoms with van der Waals surface area (Å²) < 4.78 is 10.9. The number of rotatable bonds is 4. The highest BCUT2D eigenvalue weighted by Crippen LogP contribution is 2.34. The molecular formula is C26H34N4O3. The van der Waals surface area contributed by atoms with Crippen molar-refractivity contribution in [3.8, 4) is 17.2 Å². The third-order valence-corrected chi connectivity index (χ3v) is 6.48. The summed E-state index contributed by atoms with van der Waals surface area (Å²) in [4.78, 5) is 9.74. The van der Waals surface area contributed by atoms with Crippen LogP contribution >= 0.6 is 0 Å². The largest absolute Gasteiger partial charge is 0.506 e. The molecule has 1 saturated heterocycles. The van der Waals surface area contributed by atoms with Crippen LogP contribution in [0.15, 0.2) is 41.4 Å². The third-order valence-electron chi connectivity index (χ3n) is 6.48. The molecule has 0 amide bonds. The monoisotopic (exact) mass is 450 g/mol. The van der Waals surface area contributed by atoms with Crippen molar-refractivity contribution >= 4 is 11.6 Å². The minimum Gasteiger partial charge on any atom is -0.506 e. The second kappa shape index (κ2) is 8.78. The van der Waals surface area contributed by atoms with Crippen molar-refractivity contribution in [1.82, 2.24) is 9.80 Å². The van der Waals surface area contributed by atoms with Crippen LogP contribution in [-0.4, -0.2) is 59.9 Å². The number of ether oxygens (including phenoxy) is 2. The number of hydrogen-bond acceptors (Lipinski definition) is 5. The van der Waals surface area contributed by atoms with Crippen molar-refractivity contribution in [3.05, 3.63) is 47.5 Å². The Hall–Kier alpha value is -2.93. The molecule has 0 radical (unpaired) electrons. The topological polar surface area (TPSA) is 69.6 Å². The van der Waals surface area contributed by atoms with Gasteiger partial charge in [-0.05, 0) is 53.6 Å². The van der Waals surface area contributed by atoms with Crippen LogP contribution in [0.4, 0.5) is 5.69 Å². The van der Waals surface area contributed by atoms with E-state index in [4.69, 9.17) is 14.5 Å². The van der Waals surface area contributed by atoms with Crippen molar-refractivity contribution in [2.75, 3.05) is 38.3 Å². The van der Waals surface area contributed by atoms with E-state index in [0.717, 1.165) is 68.7 Å². The maximum Gasteiger partial charge on any atom is 0.231 e. The van der Waals surface area contributed by atoms with E-state index in [1.807, 2.05) is 18.2 Å². The fourth-order valence-corrected chi connectivity index (χ4v) is 4.21. The molecule has 2 N–H and O–H groups in total. The van der Waals surface area contributed by atoms with Crippen LogP contribution in [0, 0.1) is 0 Å². The van der Waals surface area contributed by atoms with Crippen LogP contribution in [0.3, 0.4) is 0 Å². The number of nitrogens with zero attached hydrogens (tertiary/aromatic N) is 3. The van der Waals surface area contributed by atoms with Gasteiger partial charge in [-0.15, -0.1) is 0 Å². The highest BCUT2D eigenvalue weighted by Gasteiger charge is 2.26. The summed E-state index contributed by atoms with van der Waals surface area (Å²) in [6.45, 7) is 11.4. The lowest BCUT2D eigenvalue weighted by atomic mass is 9.87. The third kappa shape index (κ3) is 5.19. The second-order valence-electron chi connectivity index (χ2n) is 10.2. The molecule has 0 aromatic heterocycles. The fourth-order valence-electron chi connectivity index (χ4n) is 4.21. The summed E-state index contributed by atoms with van der Waals surface area (Å²) in [5, 5.41) is 14.0. The van der Waals surface area contributed by atoms with E-state index in [-0.39, 0.29) is 11.2 Å². The zero-order valence-corrected chi connectivity index (χ0v) is 19.8. The van der Waals surface area contributed by atoms with Crippen LogP contribution in [0.2, 0.25) is 0 Å². The van der Waals surface area contributed by atoms with Crippen molar-refractivity contribution in [2.24, 2.45) is 4.99 Å². The standard InChI is InChI=1S/C26H34N4O3/c1-26(2,3)19-5-8-22(31)21(15-19)28-25(27-20-6-7-20)30-12-10-29(11-13-30)16-18-4-9-23-24(14-18)33-17-32-23/h4-5,8-9,14-15,20,31H,6-7,10-13,16-17H2,1-3H3,(H,27,28). The van der Waals surface area contributed by atoms with E-state index in [2.05, 4.69) is 48.0 Å². The molecule has 2 heterocycles. The van der Waals surface area contributed by atoms with Crippen molar-refractivity contribution in [3.63, 3.8) is 0 Å². The molecule has 3 aliphatic rings. The van der Waals surface area contributed by atoms with Crippen LogP contribution in [0.25, 0.3) is 0 Å². The Morgan fingerprint density at radius 1 is 1.03 bits per heavy atom. The number of phenolic OH excluding ortho intramolecular Hbond substituents is 1. The van der Waals surface area contributed by atoms with Gasteiger partial charge in [-0.25, -0.2) is 4.99 Å². The average molecular weight is 451 g/mol. The molecular weight excluding hydrogens is 416 g/mol. The molecule has 7 nitrogen and oxygen atoms in total. The molecule has 2 aromatic rings. The lowest BCUT2D eigenvalue weighted by Gasteiger charge is -2.36. The number of nitrogens with one attached hydrogen (secondary N) is 1. The van der Waals surface area contributed by atoms with Gasteiger partial charge in [-0.2, -0.15) is 0 Å². The molecule has 1 aliphatic carbocycles. The molecule has 176 valence electrons. The predicted octanol–water partition coefficient (Wildman–Crippen LogP) is 4.17. The first-order chi connectivity index (χ1) is 15.8. The van der Waals surface area contributed by atoms with Crippen LogP contribution in [-0.2, 0) is 12.0 Å². The van der Waals surface area contributed by atoms with E-state index < -0.39 is 0 Å². The fraction of sp³-hybridized carbons (Fsp3) is 0.500. The van der Waals surface area contributed by atoms with Gasteiger partial charge in [0.15, 0.2) is 17.5 Å². The first-order valence-corrected chi connectivity index (χ1v) is 11.9. The second-order valence-corrected chi connectivity index (χ2v) is 10.2. The van der Waals surface area contributed by atoms with Gasteiger partial charge in [0.25, 0.3) is 0 Å². The van der Waals surface area contributed by atoms with E-state index in [0.29, 0.717) is 12.8 Å². The molecule has 33 heavy (non-hydrogen) atoms. The number of guanidine groups is 1. The summed E-state index contributed by atoms with van der Waals surface area (Å²) >= 11 is 0. The Morgan fingerprint density at radius 2 is 1.79 bits per heavy atom. The zero-order valence-electron chi connectivity index (χ0n) is 19.8. The SMILES string of the molecule is CC(C)(C)c1ccc(O)c(NC(=NC2CC2)N2CCN(Cc3ccc4c(c3)OCO4)CC2)c1. The summed E-state index contributed by atoms with van der Waals surface area (Å²) in [5.41, 5.74) is 3.16. The van der Waals surface area contributed by atoms with Crippen LogP contribution in [0.5, 0.6) is 17.2 Å². The smallest absolute Gasteiger partial charge is 0.231 e. The quantitative estimate of drug-likeness (QED) is 0.414. The molecule has 2 aromatic carbocycles. The molecule has 5 rings (SSSR count). The normalized spacial score (nSPS) is 19.1. The molecule has 0 unspecified atom stereocenters. The molecule has 2 fully saturated rings. The number of aliphatic imine (C=N–C) groups is 1. The number of phenols is 1. The number of fused-ring (bicyclic) bond motifs is 1. The maximum atomic E-state index is 10.5. The van der Waals surface area contributed by atoms with Gasteiger partial charge < -0.3 is 24.8 Å². The molecule has 1 saturated carbocycles. The first kappa shape index (κ1) is 21.9. The van der Waals surface area contributed by atoms with Gasteiger partial charge >= 0.3 is 0 Å². The van der Waals surface area contributed by atoms with Crippen molar-refractivity contribution in [2.45, 2.75) is 51.6 Å². The highest BCUT2D eigenvalue weighted by molar-refractivity contribution is 5.95. The van der Waals surface area contributed by atoms with E-state index in [1.165, 1.54) is 11.1 Å².